The van der Waals surface area contributed by atoms with E-state index in [1.807, 2.05) is 12.2 Å². The van der Waals surface area contributed by atoms with E-state index in [0.717, 1.165) is 11.5 Å². The number of aliphatic carboxylic acids is 1. The van der Waals surface area contributed by atoms with Gasteiger partial charge >= 0.3 is 5.97 Å². The van der Waals surface area contributed by atoms with Crippen LogP contribution in [0.3, 0.4) is 0 Å². The quantitative estimate of drug-likeness (QED) is 0.744. The second kappa shape index (κ2) is 4.69. The zero-order valence-electron chi connectivity index (χ0n) is 8.32. The molecule has 0 aromatic carbocycles. The van der Waals surface area contributed by atoms with E-state index in [0.29, 0.717) is 6.42 Å². The molecule has 0 bridgehead atoms. The van der Waals surface area contributed by atoms with Crippen LogP contribution in [-0.4, -0.2) is 25.3 Å². The summed E-state index contributed by atoms with van der Waals surface area (Å²) in [6.45, 7) is 0. The fourth-order valence-corrected chi connectivity index (χ4v) is 1.42. The van der Waals surface area contributed by atoms with Gasteiger partial charge in [0.25, 0.3) is 0 Å². The van der Waals surface area contributed by atoms with Crippen molar-refractivity contribution in [3.63, 3.8) is 0 Å². The minimum Gasteiger partial charge on any atom is -0.501 e. The van der Waals surface area contributed by atoms with Crippen molar-refractivity contribution >= 4 is 5.97 Å². The number of carboxylic acid groups (broad SMARTS) is 1. The maximum absolute atomic E-state index is 10.5. The zero-order chi connectivity index (χ0) is 10.6. The molecule has 0 heterocycles. The third kappa shape index (κ3) is 2.80. The summed E-state index contributed by atoms with van der Waals surface area (Å²) in [4.78, 5) is 10.5. The van der Waals surface area contributed by atoms with Crippen LogP contribution in [-0.2, 0) is 14.3 Å². The van der Waals surface area contributed by atoms with E-state index in [1.54, 1.807) is 14.2 Å². The van der Waals surface area contributed by atoms with Crippen LogP contribution >= 0.6 is 0 Å². The number of carboxylic acids is 1. The predicted octanol–water partition coefficient (Wildman–Crippen LogP) is 1.54. The first-order valence-corrected chi connectivity index (χ1v) is 4.37. The number of allylic oxidation sites excluding steroid dienone is 2. The van der Waals surface area contributed by atoms with E-state index in [9.17, 15) is 4.79 Å². The van der Waals surface area contributed by atoms with Gasteiger partial charge in [-0.2, -0.15) is 0 Å². The SMILES string of the molecule is COC1=CC(CC(=O)O)C=C(OC)C1. The highest BCUT2D eigenvalue weighted by atomic mass is 16.5. The average molecular weight is 198 g/mol. The summed E-state index contributed by atoms with van der Waals surface area (Å²) >= 11 is 0. The molecule has 1 aliphatic carbocycles. The molecule has 1 rings (SSSR count). The molecule has 0 aliphatic heterocycles. The molecule has 1 aliphatic rings. The summed E-state index contributed by atoms with van der Waals surface area (Å²) in [6.07, 6.45) is 4.30. The summed E-state index contributed by atoms with van der Waals surface area (Å²) in [6, 6.07) is 0. The molecule has 78 valence electrons. The highest BCUT2D eigenvalue weighted by Crippen LogP contribution is 2.25. The predicted molar refractivity (Wildman–Crippen MR) is 50.5 cm³/mol. The van der Waals surface area contributed by atoms with Gasteiger partial charge in [-0.3, -0.25) is 4.79 Å². The first-order valence-electron chi connectivity index (χ1n) is 4.37. The first-order chi connectivity index (χ1) is 6.65. The lowest BCUT2D eigenvalue weighted by molar-refractivity contribution is -0.137. The molecule has 14 heavy (non-hydrogen) atoms. The van der Waals surface area contributed by atoms with Crippen molar-refractivity contribution in [3.8, 4) is 0 Å². The summed E-state index contributed by atoms with van der Waals surface area (Å²) in [7, 11) is 3.14. The van der Waals surface area contributed by atoms with Gasteiger partial charge in [-0.05, 0) is 12.2 Å². The molecule has 0 atom stereocenters. The highest BCUT2D eigenvalue weighted by molar-refractivity contribution is 5.67. The Morgan fingerprint density at radius 1 is 1.43 bits per heavy atom. The zero-order valence-corrected chi connectivity index (χ0v) is 8.32. The standard InChI is InChI=1S/C10H14O4/c1-13-8-3-7(5-10(11)12)4-9(6-8)14-2/h3-4,7H,5-6H2,1-2H3,(H,11,12). The lowest BCUT2D eigenvalue weighted by Gasteiger charge is -2.18. The van der Waals surface area contributed by atoms with Gasteiger partial charge in [0.2, 0.25) is 0 Å². The molecular weight excluding hydrogens is 184 g/mol. The Kier molecular flexibility index (Phi) is 3.56. The van der Waals surface area contributed by atoms with Crippen molar-refractivity contribution in [2.24, 2.45) is 5.92 Å². The van der Waals surface area contributed by atoms with Gasteiger partial charge in [-0.1, -0.05) is 0 Å². The van der Waals surface area contributed by atoms with E-state index < -0.39 is 5.97 Å². The molecule has 1 N–H and O–H groups in total. The molecule has 0 aromatic heterocycles. The second-order valence-corrected chi connectivity index (χ2v) is 3.11. The number of ether oxygens (including phenoxy) is 2. The molecule has 4 nitrogen and oxygen atoms in total. The monoisotopic (exact) mass is 198 g/mol. The maximum atomic E-state index is 10.5. The van der Waals surface area contributed by atoms with Crippen molar-refractivity contribution in [3.05, 3.63) is 23.7 Å². The third-order valence-electron chi connectivity index (χ3n) is 2.08. The van der Waals surface area contributed by atoms with Gasteiger partial charge in [0.15, 0.2) is 0 Å². The van der Waals surface area contributed by atoms with Crippen LogP contribution in [0.2, 0.25) is 0 Å². The van der Waals surface area contributed by atoms with Gasteiger partial charge in [-0.15, -0.1) is 0 Å². The van der Waals surface area contributed by atoms with Crippen molar-refractivity contribution < 1.29 is 19.4 Å². The van der Waals surface area contributed by atoms with Gasteiger partial charge < -0.3 is 14.6 Å². The van der Waals surface area contributed by atoms with E-state index in [1.165, 1.54) is 0 Å². The summed E-state index contributed by atoms with van der Waals surface area (Å²) in [5.41, 5.74) is 0. The normalized spacial score (nSPS) is 17.0. The Bertz CT molecular complexity index is 258. The molecule has 4 heteroatoms. The number of hydrogen-bond acceptors (Lipinski definition) is 3. The number of rotatable bonds is 4. The molecule has 0 saturated heterocycles. The molecule has 0 saturated carbocycles. The largest absolute Gasteiger partial charge is 0.501 e. The fraction of sp³-hybridized carbons (Fsp3) is 0.500. The van der Waals surface area contributed by atoms with Gasteiger partial charge in [0.1, 0.15) is 0 Å². The smallest absolute Gasteiger partial charge is 0.304 e. The number of carbonyl (C=O) groups is 1. The molecule has 0 radical (unpaired) electrons. The van der Waals surface area contributed by atoms with Crippen LogP contribution in [0.25, 0.3) is 0 Å². The van der Waals surface area contributed by atoms with E-state index in [4.69, 9.17) is 14.6 Å². The van der Waals surface area contributed by atoms with E-state index >= 15 is 0 Å². The Morgan fingerprint density at radius 3 is 2.29 bits per heavy atom. The molecule has 0 unspecified atom stereocenters. The minimum atomic E-state index is -0.824. The van der Waals surface area contributed by atoms with Gasteiger partial charge in [0, 0.05) is 5.92 Å². The lowest BCUT2D eigenvalue weighted by Crippen LogP contribution is -2.10. The Morgan fingerprint density at radius 2 is 1.93 bits per heavy atom. The topological polar surface area (TPSA) is 55.8 Å². The molecule has 0 amide bonds. The first kappa shape index (κ1) is 10.6. The van der Waals surface area contributed by atoms with Crippen molar-refractivity contribution in [1.82, 2.24) is 0 Å². The Hall–Kier alpha value is -1.45. The van der Waals surface area contributed by atoms with Gasteiger partial charge in [0.05, 0.1) is 38.6 Å². The van der Waals surface area contributed by atoms with Crippen LogP contribution in [0.4, 0.5) is 0 Å². The van der Waals surface area contributed by atoms with Crippen molar-refractivity contribution in [2.45, 2.75) is 12.8 Å². The van der Waals surface area contributed by atoms with Crippen molar-refractivity contribution in [1.29, 1.82) is 0 Å². The highest BCUT2D eigenvalue weighted by Gasteiger charge is 2.17. The Balaban J connectivity index is 2.71. The molecule has 0 spiro atoms. The molecular formula is C10H14O4. The van der Waals surface area contributed by atoms with Crippen LogP contribution in [0.15, 0.2) is 23.7 Å². The third-order valence-corrected chi connectivity index (χ3v) is 2.08. The van der Waals surface area contributed by atoms with E-state index in [-0.39, 0.29) is 12.3 Å². The minimum absolute atomic E-state index is 0.0692. The van der Waals surface area contributed by atoms with Crippen LogP contribution < -0.4 is 0 Å². The maximum Gasteiger partial charge on any atom is 0.304 e. The van der Waals surface area contributed by atoms with Crippen LogP contribution in [0.1, 0.15) is 12.8 Å². The molecule has 0 fully saturated rings. The fourth-order valence-electron chi connectivity index (χ4n) is 1.42. The summed E-state index contributed by atoms with van der Waals surface area (Å²) < 4.78 is 10.2. The summed E-state index contributed by atoms with van der Waals surface area (Å²) in [5, 5.41) is 8.64. The van der Waals surface area contributed by atoms with Crippen LogP contribution in [0, 0.1) is 5.92 Å². The second-order valence-electron chi connectivity index (χ2n) is 3.11. The van der Waals surface area contributed by atoms with Gasteiger partial charge in [-0.25, -0.2) is 0 Å². The lowest BCUT2D eigenvalue weighted by atomic mass is 9.97. The number of methoxy groups -OCH3 is 2. The van der Waals surface area contributed by atoms with E-state index in [2.05, 4.69) is 0 Å². The van der Waals surface area contributed by atoms with Crippen molar-refractivity contribution in [2.75, 3.05) is 14.2 Å². The average Bonchev–Trinajstić information content (AvgIpc) is 2.16. The molecule has 0 aromatic rings. The summed E-state index contributed by atoms with van der Waals surface area (Å²) in [5.74, 6) is 0.563. The van der Waals surface area contributed by atoms with Crippen LogP contribution in [0.5, 0.6) is 0 Å². The number of hydrogen-bond donors (Lipinski definition) is 1. The Labute approximate surface area is 82.8 Å².